The normalized spacial score (nSPS) is 12.2. The Morgan fingerprint density at radius 2 is 2.05 bits per heavy atom. The van der Waals surface area contributed by atoms with Crippen LogP contribution in [-0.2, 0) is 11.2 Å². The van der Waals surface area contributed by atoms with Crippen LogP contribution < -0.4 is 11.1 Å². The first-order valence-corrected chi connectivity index (χ1v) is 7.54. The third kappa shape index (κ3) is 3.26. The first-order valence-electron chi connectivity index (χ1n) is 6.66. The summed E-state index contributed by atoms with van der Waals surface area (Å²) in [5, 5.41) is 2.86. The Morgan fingerprint density at radius 3 is 2.86 bits per heavy atom. The van der Waals surface area contributed by atoms with Crippen LogP contribution in [-0.4, -0.2) is 16.9 Å². The third-order valence-electron chi connectivity index (χ3n) is 3.23. The first kappa shape index (κ1) is 13.7. The van der Waals surface area contributed by atoms with Crippen molar-refractivity contribution in [1.82, 2.24) is 4.98 Å². The molecule has 0 aliphatic carbocycles. The molecule has 106 valence electrons. The predicted octanol–water partition coefficient (Wildman–Crippen LogP) is 2.80. The quantitative estimate of drug-likeness (QED) is 0.778. The van der Waals surface area contributed by atoms with E-state index < -0.39 is 6.04 Å². The minimum absolute atomic E-state index is 0.178. The number of aromatic nitrogens is 1. The molecule has 3 aromatic rings. The van der Waals surface area contributed by atoms with E-state index in [9.17, 15) is 4.79 Å². The highest BCUT2D eigenvalue weighted by Gasteiger charge is 2.14. The average molecular weight is 297 g/mol. The predicted molar refractivity (Wildman–Crippen MR) is 86.4 cm³/mol. The Labute approximate surface area is 126 Å². The molecule has 5 heteroatoms. The van der Waals surface area contributed by atoms with Crippen LogP contribution in [0.4, 0.5) is 5.69 Å². The molecule has 2 aromatic carbocycles. The van der Waals surface area contributed by atoms with Crippen molar-refractivity contribution in [1.29, 1.82) is 0 Å². The van der Waals surface area contributed by atoms with Gasteiger partial charge < -0.3 is 11.1 Å². The zero-order chi connectivity index (χ0) is 14.7. The van der Waals surface area contributed by atoms with Crippen molar-refractivity contribution in [3.8, 4) is 0 Å². The Hall–Kier alpha value is -2.24. The molecule has 1 aromatic heterocycles. The van der Waals surface area contributed by atoms with E-state index in [-0.39, 0.29) is 5.91 Å². The molecule has 1 unspecified atom stereocenters. The van der Waals surface area contributed by atoms with Gasteiger partial charge in [-0.1, -0.05) is 30.3 Å². The summed E-state index contributed by atoms with van der Waals surface area (Å²) in [5.74, 6) is -0.178. The zero-order valence-electron chi connectivity index (χ0n) is 11.3. The summed E-state index contributed by atoms with van der Waals surface area (Å²) >= 11 is 1.55. The highest BCUT2D eigenvalue weighted by Crippen LogP contribution is 2.21. The summed E-state index contributed by atoms with van der Waals surface area (Å²) in [6.07, 6.45) is 0.523. The molecule has 3 N–H and O–H groups in total. The van der Waals surface area contributed by atoms with Crippen molar-refractivity contribution in [2.45, 2.75) is 12.5 Å². The number of nitrogens with two attached hydrogens (primary N) is 1. The summed E-state index contributed by atoms with van der Waals surface area (Å²) < 4.78 is 1.05. The number of hydrogen-bond donors (Lipinski definition) is 2. The Kier molecular flexibility index (Phi) is 3.94. The zero-order valence-corrected chi connectivity index (χ0v) is 12.1. The number of anilines is 1. The molecule has 1 heterocycles. The van der Waals surface area contributed by atoms with Crippen LogP contribution in [0.3, 0.4) is 0 Å². The molecule has 0 fully saturated rings. The van der Waals surface area contributed by atoms with Gasteiger partial charge in [0.1, 0.15) is 0 Å². The maximum absolute atomic E-state index is 12.1. The lowest BCUT2D eigenvalue weighted by Crippen LogP contribution is -2.37. The number of benzene rings is 2. The molecule has 3 rings (SSSR count). The van der Waals surface area contributed by atoms with Gasteiger partial charge in [0.05, 0.1) is 21.8 Å². The van der Waals surface area contributed by atoms with Gasteiger partial charge in [-0.2, -0.15) is 0 Å². The number of nitrogens with zero attached hydrogens (tertiary/aromatic N) is 1. The van der Waals surface area contributed by atoms with Crippen LogP contribution >= 0.6 is 11.3 Å². The van der Waals surface area contributed by atoms with Crippen molar-refractivity contribution in [3.63, 3.8) is 0 Å². The number of carbonyl (C=O) groups is 1. The van der Waals surface area contributed by atoms with Gasteiger partial charge in [0.25, 0.3) is 0 Å². The summed E-state index contributed by atoms with van der Waals surface area (Å²) in [6.45, 7) is 0. The highest BCUT2D eigenvalue weighted by atomic mass is 32.1. The second kappa shape index (κ2) is 6.03. The molecule has 1 amide bonds. The lowest BCUT2D eigenvalue weighted by atomic mass is 10.1. The molecule has 0 aliphatic rings. The van der Waals surface area contributed by atoms with Crippen LogP contribution in [0.15, 0.2) is 54.0 Å². The van der Waals surface area contributed by atoms with Gasteiger partial charge in [-0.15, -0.1) is 11.3 Å². The van der Waals surface area contributed by atoms with Crippen molar-refractivity contribution in [3.05, 3.63) is 59.6 Å². The van der Waals surface area contributed by atoms with Gasteiger partial charge in [0.2, 0.25) is 5.91 Å². The van der Waals surface area contributed by atoms with Gasteiger partial charge >= 0.3 is 0 Å². The standard InChI is InChI=1S/C16H15N3OS/c17-13(8-11-4-2-1-3-5-11)16(20)19-12-6-7-14-15(9-12)21-10-18-14/h1-7,9-10,13H,8,17H2,(H,19,20). The average Bonchev–Trinajstić information content (AvgIpc) is 2.95. The largest absolute Gasteiger partial charge is 0.325 e. The number of amides is 1. The Bertz CT molecular complexity index is 754. The van der Waals surface area contributed by atoms with E-state index in [0.717, 1.165) is 21.5 Å². The molecule has 0 spiro atoms. The van der Waals surface area contributed by atoms with Crippen molar-refractivity contribution in [2.75, 3.05) is 5.32 Å². The molecule has 0 radical (unpaired) electrons. The minimum atomic E-state index is -0.565. The van der Waals surface area contributed by atoms with Crippen LogP contribution in [0.1, 0.15) is 5.56 Å². The Balaban J connectivity index is 1.67. The van der Waals surface area contributed by atoms with Crippen molar-refractivity contribution >= 4 is 33.1 Å². The lowest BCUT2D eigenvalue weighted by Gasteiger charge is -2.12. The number of carbonyl (C=O) groups excluding carboxylic acids is 1. The fourth-order valence-corrected chi connectivity index (χ4v) is 2.84. The minimum Gasteiger partial charge on any atom is -0.325 e. The highest BCUT2D eigenvalue weighted by molar-refractivity contribution is 7.16. The van der Waals surface area contributed by atoms with Crippen molar-refractivity contribution in [2.24, 2.45) is 5.73 Å². The SMILES string of the molecule is NC(Cc1ccccc1)C(=O)Nc1ccc2ncsc2c1. The molecule has 0 aliphatic heterocycles. The monoisotopic (exact) mass is 297 g/mol. The number of thiazole rings is 1. The van der Waals surface area contributed by atoms with Crippen LogP contribution in [0.5, 0.6) is 0 Å². The fraction of sp³-hybridized carbons (Fsp3) is 0.125. The molecule has 4 nitrogen and oxygen atoms in total. The maximum atomic E-state index is 12.1. The molecule has 0 saturated heterocycles. The Morgan fingerprint density at radius 1 is 1.24 bits per heavy atom. The van der Waals surface area contributed by atoms with Gasteiger partial charge in [-0.3, -0.25) is 4.79 Å². The van der Waals surface area contributed by atoms with E-state index in [1.807, 2.05) is 48.5 Å². The number of fused-ring (bicyclic) bond motifs is 1. The summed E-state index contributed by atoms with van der Waals surface area (Å²) in [4.78, 5) is 16.4. The summed E-state index contributed by atoms with van der Waals surface area (Å²) in [7, 11) is 0. The van der Waals surface area contributed by atoms with E-state index in [1.54, 1.807) is 16.8 Å². The van der Waals surface area contributed by atoms with E-state index in [0.29, 0.717) is 6.42 Å². The van der Waals surface area contributed by atoms with E-state index >= 15 is 0 Å². The fourth-order valence-electron chi connectivity index (χ4n) is 2.13. The van der Waals surface area contributed by atoms with Crippen LogP contribution in [0, 0.1) is 0 Å². The van der Waals surface area contributed by atoms with Gasteiger partial charge in [0, 0.05) is 5.69 Å². The molecule has 21 heavy (non-hydrogen) atoms. The maximum Gasteiger partial charge on any atom is 0.241 e. The molecule has 1 atom stereocenters. The van der Waals surface area contributed by atoms with Crippen molar-refractivity contribution < 1.29 is 4.79 Å². The number of hydrogen-bond acceptors (Lipinski definition) is 4. The third-order valence-corrected chi connectivity index (χ3v) is 4.03. The summed E-state index contributed by atoms with van der Waals surface area (Å²) in [5.41, 5.74) is 10.5. The molecule has 0 saturated carbocycles. The van der Waals surface area contributed by atoms with Crippen LogP contribution in [0.25, 0.3) is 10.2 Å². The first-order chi connectivity index (χ1) is 10.2. The van der Waals surface area contributed by atoms with Gasteiger partial charge in [0.15, 0.2) is 0 Å². The number of rotatable bonds is 4. The van der Waals surface area contributed by atoms with E-state index in [2.05, 4.69) is 10.3 Å². The lowest BCUT2D eigenvalue weighted by molar-refractivity contribution is -0.117. The van der Waals surface area contributed by atoms with Crippen LogP contribution in [0.2, 0.25) is 0 Å². The number of nitrogens with one attached hydrogen (secondary N) is 1. The topological polar surface area (TPSA) is 68.0 Å². The van der Waals surface area contributed by atoms with Gasteiger partial charge in [-0.05, 0) is 30.2 Å². The summed E-state index contributed by atoms with van der Waals surface area (Å²) in [6, 6.07) is 14.9. The van der Waals surface area contributed by atoms with E-state index in [4.69, 9.17) is 5.73 Å². The smallest absolute Gasteiger partial charge is 0.241 e. The van der Waals surface area contributed by atoms with E-state index in [1.165, 1.54) is 0 Å². The molecular weight excluding hydrogens is 282 g/mol. The molecular formula is C16H15N3OS. The second-order valence-corrected chi connectivity index (χ2v) is 5.71. The van der Waals surface area contributed by atoms with Gasteiger partial charge in [-0.25, -0.2) is 4.98 Å². The molecule has 0 bridgehead atoms. The second-order valence-electron chi connectivity index (χ2n) is 4.82.